The molecule has 1 aromatic heterocycles. The minimum absolute atomic E-state index is 0.0407. The van der Waals surface area contributed by atoms with Crippen LogP contribution in [0, 0.1) is 0 Å². The fourth-order valence-electron chi connectivity index (χ4n) is 5.17. The molecule has 3 atom stereocenters. The van der Waals surface area contributed by atoms with Crippen molar-refractivity contribution >= 4 is 24.9 Å². The fourth-order valence-corrected chi connectivity index (χ4v) is 6.56. The van der Waals surface area contributed by atoms with Crippen LogP contribution in [0.15, 0.2) is 17.1 Å². The molecule has 2 rings (SSSR count). The Balaban J connectivity index is 1.59. The van der Waals surface area contributed by atoms with Gasteiger partial charge >= 0.3 is 7.82 Å². The summed E-state index contributed by atoms with van der Waals surface area (Å²) in [5.74, 6) is -0.114. The average Bonchev–Trinajstić information content (AvgIpc) is 3.55. The number of carbonyl (C=O) groups excluding carboxylic acids is 1. The molecule has 0 bridgehead atoms. The Kier molecular flexibility index (Phi) is 17.9. The van der Waals surface area contributed by atoms with E-state index in [-0.39, 0.29) is 32.2 Å². The second-order valence-electron chi connectivity index (χ2n) is 10.7. The van der Waals surface area contributed by atoms with Crippen molar-refractivity contribution in [1.82, 2.24) is 0 Å². The van der Waals surface area contributed by atoms with Crippen LogP contribution in [0.25, 0.3) is 0 Å². The predicted molar refractivity (Wildman–Crippen MR) is 155 cm³/mol. The molecule has 39 heavy (non-hydrogen) atoms. The first kappa shape index (κ1) is 34.5. The third kappa shape index (κ3) is 13.7. The third-order valence-corrected chi connectivity index (χ3v) is 9.03. The summed E-state index contributed by atoms with van der Waals surface area (Å²) in [6.07, 6.45) is 22.8. The van der Waals surface area contributed by atoms with E-state index in [4.69, 9.17) is 18.5 Å². The Labute approximate surface area is 240 Å². The largest absolute Gasteiger partial charge is 0.472 e. The van der Waals surface area contributed by atoms with Crippen molar-refractivity contribution in [1.29, 1.82) is 0 Å². The monoisotopic (exact) mass is 590 g/mol. The van der Waals surface area contributed by atoms with Crippen molar-refractivity contribution in [2.75, 3.05) is 33.0 Å². The first-order valence-corrected chi connectivity index (χ1v) is 17.7. The molecule has 0 aliphatic carbocycles. The number of aromatic nitrogens is 1. The first-order valence-electron chi connectivity index (χ1n) is 15.2. The van der Waals surface area contributed by atoms with Gasteiger partial charge in [-0.3, -0.25) is 13.8 Å². The maximum Gasteiger partial charge on any atom is 0.472 e. The summed E-state index contributed by atoms with van der Waals surface area (Å²) >= 11 is 1.46. The van der Waals surface area contributed by atoms with E-state index in [0.717, 1.165) is 12.8 Å². The van der Waals surface area contributed by atoms with Crippen LogP contribution >= 0.6 is 19.2 Å². The number of Topliss-reactive ketones (excluding diaryl/α,β-unsaturated/α-hetero) is 1. The van der Waals surface area contributed by atoms with E-state index in [9.17, 15) is 14.3 Å². The van der Waals surface area contributed by atoms with Crippen LogP contribution in [0.3, 0.4) is 0 Å². The zero-order valence-electron chi connectivity index (χ0n) is 24.4. The Bertz CT molecular complexity index is 810. The fraction of sp³-hybridized carbons (Fsp3) is 0.862. The minimum Gasteiger partial charge on any atom is -0.378 e. The average molecular weight is 591 g/mol. The van der Waals surface area contributed by atoms with Gasteiger partial charge in [0.1, 0.15) is 6.61 Å². The predicted octanol–water partition coefficient (Wildman–Crippen LogP) is 7.35. The Morgan fingerprint density at radius 3 is 2.00 bits per heavy atom. The van der Waals surface area contributed by atoms with Crippen LogP contribution in [0.1, 0.15) is 123 Å². The molecule has 0 radical (unpaired) electrons. The van der Waals surface area contributed by atoms with Gasteiger partial charge in [-0.2, -0.15) is 4.57 Å². The highest BCUT2D eigenvalue weighted by molar-refractivity contribution is 7.47. The zero-order valence-corrected chi connectivity index (χ0v) is 26.1. The van der Waals surface area contributed by atoms with Gasteiger partial charge in [-0.15, -0.1) is 0 Å². The zero-order chi connectivity index (χ0) is 28.2. The standard InChI is InChI=1S/C29H52NO7PS/c1-3-5-6-7-8-9-10-11-12-13-14-15-16-17-18-19-21-34-24-29(25-37-38(32,33)36-4-2)28(27(31)23-35-29)30-20-22-39-26-30/h20,22,26,28H,3-19,21,23-25H2,1-2H3/p+1. The molecular weight excluding hydrogens is 537 g/mol. The minimum atomic E-state index is -4.24. The number of carbonyl (C=O) groups is 1. The summed E-state index contributed by atoms with van der Waals surface area (Å²) in [6.45, 7) is 4.19. The van der Waals surface area contributed by atoms with E-state index in [1.807, 2.05) is 10.9 Å². The normalized spacial score (nSPS) is 21.0. The number of hydrogen-bond acceptors (Lipinski definition) is 7. The number of phosphoric ester groups is 1. The molecule has 10 heteroatoms. The maximum atomic E-state index is 12.7. The van der Waals surface area contributed by atoms with E-state index >= 15 is 0 Å². The van der Waals surface area contributed by atoms with Crippen molar-refractivity contribution in [3.63, 3.8) is 0 Å². The van der Waals surface area contributed by atoms with Crippen LogP contribution in [0.4, 0.5) is 0 Å². The van der Waals surface area contributed by atoms with Gasteiger partial charge in [0.25, 0.3) is 6.04 Å². The second kappa shape index (κ2) is 20.2. The molecule has 0 spiro atoms. The molecule has 1 saturated heterocycles. The maximum absolute atomic E-state index is 12.7. The molecule has 226 valence electrons. The summed E-state index contributed by atoms with van der Waals surface area (Å²) < 4.78 is 35.9. The molecule has 8 nitrogen and oxygen atoms in total. The van der Waals surface area contributed by atoms with Crippen LogP contribution in [0.2, 0.25) is 0 Å². The number of ketones is 1. The molecule has 0 aromatic carbocycles. The number of ether oxygens (including phenoxy) is 2. The van der Waals surface area contributed by atoms with Crippen molar-refractivity contribution in [2.24, 2.45) is 0 Å². The summed E-state index contributed by atoms with van der Waals surface area (Å²) in [6, 6.07) is -0.684. The quantitative estimate of drug-likeness (QED) is 0.0723. The Morgan fingerprint density at radius 2 is 1.49 bits per heavy atom. The van der Waals surface area contributed by atoms with Gasteiger partial charge in [0.2, 0.25) is 11.3 Å². The summed E-state index contributed by atoms with van der Waals surface area (Å²) in [5, 5.41) is 1.87. The summed E-state index contributed by atoms with van der Waals surface area (Å²) in [5.41, 5.74) is 0.635. The molecule has 1 aliphatic rings. The molecule has 3 unspecified atom stereocenters. The molecule has 2 heterocycles. The van der Waals surface area contributed by atoms with Gasteiger partial charge in [-0.05, 0) is 13.3 Å². The van der Waals surface area contributed by atoms with Crippen molar-refractivity contribution < 1.29 is 37.3 Å². The first-order chi connectivity index (χ1) is 18.9. The second-order valence-corrected chi connectivity index (χ2v) is 12.9. The Hall–Kier alpha value is -0.670. The molecule has 1 aromatic rings. The van der Waals surface area contributed by atoms with Gasteiger partial charge < -0.3 is 14.4 Å². The molecule has 0 amide bonds. The lowest BCUT2D eigenvalue weighted by Gasteiger charge is -2.29. The number of phosphoric acid groups is 1. The van der Waals surface area contributed by atoms with E-state index in [1.54, 1.807) is 17.7 Å². The summed E-state index contributed by atoms with van der Waals surface area (Å²) in [7, 11) is -4.24. The highest BCUT2D eigenvalue weighted by Crippen LogP contribution is 2.45. The van der Waals surface area contributed by atoms with Gasteiger partial charge in [-0.1, -0.05) is 115 Å². The van der Waals surface area contributed by atoms with E-state index in [1.165, 1.54) is 101 Å². The Morgan fingerprint density at radius 1 is 0.923 bits per heavy atom. The smallest absolute Gasteiger partial charge is 0.378 e. The highest BCUT2D eigenvalue weighted by Gasteiger charge is 2.57. The van der Waals surface area contributed by atoms with Crippen molar-refractivity contribution in [2.45, 2.75) is 128 Å². The molecule has 1 N–H and O–H groups in total. The van der Waals surface area contributed by atoms with E-state index in [0.29, 0.717) is 6.61 Å². The van der Waals surface area contributed by atoms with E-state index < -0.39 is 19.5 Å². The van der Waals surface area contributed by atoms with Crippen LogP contribution in [-0.4, -0.2) is 49.3 Å². The lowest BCUT2D eigenvalue weighted by Crippen LogP contribution is -2.57. The van der Waals surface area contributed by atoms with E-state index in [2.05, 4.69) is 6.92 Å². The highest BCUT2D eigenvalue weighted by atomic mass is 32.1. The SMILES string of the molecule is CCCCCCCCCCCCCCCCCCOCC1(COP(=O)(O)OCC)OCC(=O)C1[n+]1ccsc1. The van der Waals surface area contributed by atoms with Gasteiger partial charge in [0, 0.05) is 6.61 Å². The van der Waals surface area contributed by atoms with Crippen molar-refractivity contribution in [3.8, 4) is 0 Å². The lowest BCUT2D eigenvalue weighted by atomic mass is 9.95. The molecule has 1 aliphatic heterocycles. The van der Waals surface area contributed by atoms with Crippen LogP contribution in [-0.2, 0) is 27.9 Å². The van der Waals surface area contributed by atoms with Crippen LogP contribution in [0.5, 0.6) is 0 Å². The molecular formula is C29H53NO7PS+. The van der Waals surface area contributed by atoms with Crippen LogP contribution < -0.4 is 4.57 Å². The summed E-state index contributed by atoms with van der Waals surface area (Å²) in [4.78, 5) is 22.6. The van der Waals surface area contributed by atoms with Gasteiger partial charge in [0.05, 0.1) is 25.2 Å². The van der Waals surface area contributed by atoms with Gasteiger partial charge in [0.15, 0.2) is 11.8 Å². The third-order valence-electron chi connectivity index (χ3n) is 7.35. The molecule has 0 saturated carbocycles. The number of thiazole rings is 1. The number of unbranched alkanes of at least 4 members (excludes halogenated alkanes) is 15. The van der Waals surface area contributed by atoms with Crippen molar-refractivity contribution in [3.05, 3.63) is 17.1 Å². The molecule has 1 fully saturated rings. The topological polar surface area (TPSA) is 95.2 Å². The number of hydrogen-bond donors (Lipinski definition) is 1. The lowest BCUT2D eigenvalue weighted by molar-refractivity contribution is -0.715. The number of rotatable bonds is 25. The van der Waals surface area contributed by atoms with Gasteiger partial charge in [-0.25, -0.2) is 4.57 Å². The number of nitrogens with zero attached hydrogens (tertiary/aromatic N) is 1.